The van der Waals surface area contributed by atoms with Crippen molar-refractivity contribution >= 4 is 11.6 Å². The second-order valence-corrected chi connectivity index (χ2v) is 4.65. The highest BCUT2D eigenvalue weighted by atomic mass is 16.1. The van der Waals surface area contributed by atoms with Crippen LogP contribution in [0.3, 0.4) is 0 Å². The largest absolute Gasteiger partial charge is 0.299 e. The Bertz CT molecular complexity index is 600. The van der Waals surface area contributed by atoms with Gasteiger partial charge >= 0.3 is 0 Å². The first-order valence-electron chi connectivity index (χ1n) is 6.29. The van der Waals surface area contributed by atoms with Gasteiger partial charge in [0, 0.05) is 17.0 Å². The number of carbonyl (C=O) groups excluding carboxylic acids is 2. The summed E-state index contributed by atoms with van der Waals surface area (Å²) in [4.78, 5) is 23.7. The van der Waals surface area contributed by atoms with Crippen LogP contribution in [0.15, 0.2) is 54.6 Å². The lowest BCUT2D eigenvalue weighted by atomic mass is 9.94. The molecular formula is C18H20O2. The first kappa shape index (κ1) is 15.8. The summed E-state index contributed by atoms with van der Waals surface area (Å²) in [5.74, 6) is -0.0916. The summed E-state index contributed by atoms with van der Waals surface area (Å²) in [5, 5.41) is 0. The van der Waals surface area contributed by atoms with Crippen LogP contribution in [0.1, 0.15) is 48.7 Å². The Hall–Kier alpha value is -2.22. The van der Waals surface area contributed by atoms with Crippen molar-refractivity contribution in [2.45, 2.75) is 27.2 Å². The fourth-order valence-corrected chi connectivity index (χ4v) is 1.94. The predicted molar refractivity (Wildman–Crippen MR) is 82.1 cm³/mol. The molecule has 0 heterocycles. The molecule has 0 aromatic heterocycles. The molecule has 0 saturated carbocycles. The molecule has 2 aromatic carbocycles. The van der Waals surface area contributed by atoms with Crippen molar-refractivity contribution < 1.29 is 9.59 Å². The van der Waals surface area contributed by atoms with Crippen molar-refractivity contribution in [1.82, 2.24) is 0 Å². The van der Waals surface area contributed by atoms with E-state index in [1.54, 1.807) is 31.2 Å². The highest BCUT2D eigenvalue weighted by molar-refractivity contribution is 6.09. The lowest BCUT2D eigenvalue weighted by molar-refractivity contribution is -0.118. The minimum atomic E-state index is -0.177. The van der Waals surface area contributed by atoms with Crippen LogP contribution in [-0.4, -0.2) is 11.6 Å². The van der Waals surface area contributed by atoms with Gasteiger partial charge in [0.15, 0.2) is 5.78 Å². The summed E-state index contributed by atoms with van der Waals surface area (Å²) in [5.41, 5.74) is 2.17. The molecule has 0 saturated heterocycles. The average Bonchev–Trinajstić information content (AvgIpc) is 2.46. The zero-order chi connectivity index (χ0) is 13.8. The van der Waals surface area contributed by atoms with Crippen LogP contribution in [0.25, 0.3) is 0 Å². The van der Waals surface area contributed by atoms with Gasteiger partial charge in [0.1, 0.15) is 5.78 Å². The van der Waals surface area contributed by atoms with Gasteiger partial charge in [0.2, 0.25) is 0 Å². The van der Waals surface area contributed by atoms with Crippen LogP contribution in [-0.2, 0) is 4.79 Å². The molecule has 0 aliphatic rings. The Labute approximate surface area is 120 Å². The number of hydrogen-bond donors (Lipinski definition) is 0. The van der Waals surface area contributed by atoms with Crippen LogP contribution in [0.4, 0.5) is 0 Å². The molecule has 2 nitrogen and oxygen atoms in total. The molecule has 104 valence electrons. The van der Waals surface area contributed by atoms with Crippen molar-refractivity contribution in [2.75, 3.05) is 0 Å². The van der Waals surface area contributed by atoms with Crippen LogP contribution < -0.4 is 0 Å². The Balaban J connectivity index is 0.00000200. The predicted octanol–water partition coefficient (Wildman–Crippen LogP) is 4.25. The molecule has 0 bridgehead atoms. The van der Waals surface area contributed by atoms with Gasteiger partial charge in [-0.1, -0.05) is 62.9 Å². The van der Waals surface area contributed by atoms with E-state index >= 15 is 0 Å². The summed E-state index contributed by atoms with van der Waals surface area (Å²) >= 11 is 0. The molecule has 0 N–H and O–H groups in total. The third kappa shape index (κ3) is 3.41. The van der Waals surface area contributed by atoms with Crippen molar-refractivity contribution in [2.24, 2.45) is 0 Å². The van der Waals surface area contributed by atoms with Crippen LogP contribution in [0, 0.1) is 0 Å². The van der Waals surface area contributed by atoms with Crippen molar-refractivity contribution in [1.29, 1.82) is 0 Å². The van der Waals surface area contributed by atoms with Gasteiger partial charge in [-0.3, -0.25) is 9.59 Å². The smallest absolute Gasteiger partial charge is 0.193 e. The molecule has 0 spiro atoms. The Kier molecular flexibility index (Phi) is 5.39. The van der Waals surface area contributed by atoms with Gasteiger partial charge < -0.3 is 0 Å². The topological polar surface area (TPSA) is 34.1 Å². The molecular weight excluding hydrogens is 248 g/mol. The van der Waals surface area contributed by atoms with E-state index in [1.165, 1.54) is 0 Å². The molecule has 2 aromatic rings. The summed E-state index contributed by atoms with van der Waals surface area (Å²) in [6.07, 6.45) is 0. The number of hydrogen-bond acceptors (Lipinski definition) is 2. The van der Waals surface area contributed by atoms with E-state index in [1.807, 2.05) is 37.3 Å². The Morgan fingerprint density at radius 2 is 1.50 bits per heavy atom. The van der Waals surface area contributed by atoms with E-state index in [-0.39, 0.29) is 24.9 Å². The highest BCUT2D eigenvalue weighted by Gasteiger charge is 2.14. The van der Waals surface area contributed by atoms with Crippen LogP contribution >= 0.6 is 0 Å². The zero-order valence-electron chi connectivity index (χ0n) is 11.1. The first-order chi connectivity index (χ1) is 9.09. The minimum Gasteiger partial charge on any atom is -0.299 e. The molecule has 2 rings (SSSR count). The van der Waals surface area contributed by atoms with E-state index in [9.17, 15) is 9.59 Å². The lowest BCUT2D eigenvalue weighted by Crippen LogP contribution is -2.07. The zero-order valence-corrected chi connectivity index (χ0v) is 11.1. The molecule has 0 amide bonds. The monoisotopic (exact) mass is 268 g/mol. The van der Waals surface area contributed by atoms with Gasteiger partial charge in [0.05, 0.1) is 0 Å². The van der Waals surface area contributed by atoms with E-state index < -0.39 is 0 Å². The maximum atomic E-state index is 12.3. The fourth-order valence-electron chi connectivity index (χ4n) is 1.94. The van der Waals surface area contributed by atoms with Crippen LogP contribution in [0.2, 0.25) is 0 Å². The Morgan fingerprint density at radius 1 is 0.900 bits per heavy atom. The van der Waals surface area contributed by atoms with Gasteiger partial charge in [-0.15, -0.1) is 0 Å². The average molecular weight is 268 g/mol. The number of ketones is 2. The number of carbonyl (C=O) groups is 2. The summed E-state index contributed by atoms with van der Waals surface area (Å²) in [6.45, 7) is 3.42. The van der Waals surface area contributed by atoms with E-state index in [0.717, 1.165) is 5.56 Å². The van der Waals surface area contributed by atoms with Gasteiger partial charge in [-0.25, -0.2) is 0 Å². The highest BCUT2D eigenvalue weighted by Crippen LogP contribution is 2.19. The normalized spacial score (nSPS) is 11.3. The molecule has 1 unspecified atom stereocenters. The second-order valence-electron chi connectivity index (χ2n) is 4.65. The number of rotatable bonds is 4. The second kappa shape index (κ2) is 6.80. The van der Waals surface area contributed by atoms with E-state index in [4.69, 9.17) is 0 Å². The third-order valence-corrected chi connectivity index (χ3v) is 3.29. The van der Waals surface area contributed by atoms with E-state index in [2.05, 4.69) is 0 Å². The number of Topliss-reactive ketones (excluding diaryl/α,β-unsaturated/α-hetero) is 1. The quantitative estimate of drug-likeness (QED) is 0.777. The standard InChI is InChI=1S/C17H16O2.CH4/c1-12(13(2)18)15-9-6-10-16(11-15)17(19)14-7-4-3-5-8-14;/h3-12H,1-2H3;1H4. The summed E-state index contributed by atoms with van der Waals surface area (Å²) in [7, 11) is 0. The third-order valence-electron chi connectivity index (χ3n) is 3.29. The first-order valence-corrected chi connectivity index (χ1v) is 6.29. The molecule has 0 radical (unpaired) electrons. The van der Waals surface area contributed by atoms with Gasteiger partial charge in [0.25, 0.3) is 0 Å². The maximum Gasteiger partial charge on any atom is 0.193 e. The molecule has 20 heavy (non-hydrogen) atoms. The number of benzene rings is 2. The SMILES string of the molecule is C.CC(=O)C(C)c1cccc(C(=O)c2ccccc2)c1. The molecule has 2 heteroatoms. The summed E-state index contributed by atoms with van der Waals surface area (Å²) < 4.78 is 0. The van der Waals surface area contributed by atoms with Gasteiger partial charge in [-0.05, 0) is 18.6 Å². The van der Waals surface area contributed by atoms with Crippen LogP contribution in [0.5, 0.6) is 0 Å². The van der Waals surface area contributed by atoms with Gasteiger partial charge in [-0.2, -0.15) is 0 Å². The van der Waals surface area contributed by atoms with Crippen molar-refractivity contribution in [3.8, 4) is 0 Å². The Morgan fingerprint density at radius 3 is 2.10 bits per heavy atom. The lowest BCUT2D eigenvalue weighted by Gasteiger charge is -2.09. The van der Waals surface area contributed by atoms with E-state index in [0.29, 0.717) is 11.1 Å². The molecule has 0 aliphatic carbocycles. The maximum absolute atomic E-state index is 12.3. The summed E-state index contributed by atoms with van der Waals surface area (Å²) in [6, 6.07) is 16.5. The molecule has 0 fully saturated rings. The minimum absolute atomic E-state index is 0. The molecule has 0 aliphatic heterocycles. The van der Waals surface area contributed by atoms with Crippen molar-refractivity contribution in [3.63, 3.8) is 0 Å². The fraction of sp³-hybridized carbons (Fsp3) is 0.222. The molecule has 1 atom stereocenters. The van der Waals surface area contributed by atoms with Crippen molar-refractivity contribution in [3.05, 3.63) is 71.3 Å².